The van der Waals surface area contributed by atoms with E-state index in [2.05, 4.69) is 5.32 Å². The van der Waals surface area contributed by atoms with Crippen LogP contribution in [0.15, 0.2) is 78.9 Å². The maximum Gasteiger partial charge on any atom is 0.245 e. The topological polar surface area (TPSA) is 113 Å². The quantitative estimate of drug-likeness (QED) is 0.480. The molecular weight excluding hydrogens is 478 g/mol. The van der Waals surface area contributed by atoms with Crippen molar-refractivity contribution in [3.63, 3.8) is 0 Å². The second-order valence-electron chi connectivity index (χ2n) is 7.51. The van der Waals surface area contributed by atoms with Crippen LogP contribution in [0.1, 0.15) is 0 Å². The zero-order valence-corrected chi connectivity index (χ0v) is 20.5. The lowest BCUT2D eigenvalue weighted by molar-refractivity contribution is -0.114. The molecule has 0 aromatic heterocycles. The highest BCUT2D eigenvalue weighted by molar-refractivity contribution is 7.92. The van der Waals surface area contributed by atoms with Crippen molar-refractivity contribution >= 4 is 43.0 Å². The predicted octanol–water partition coefficient (Wildman–Crippen LogP) is 3.28. The maximum absolute atomic E-state index is 12.7. The smallest absolute Gasteiger partial charge is 0.245 e. The van der Waals surface area contributed by atoms with Gasteiger partial charge >= 0.3 is 0 Å². The minimum absolute atomic E-state index is 0.295. The molecule has 34 heavy (non-hydrogen) atoms. The summed E-state index contributed by atoms with van der Waals surface area (Å²) in [5.74, 6) is 0.562. The molecule has 0 heterocycles. The molecule has 0 fully saturated rings. The number of hydrogen-bond donors (Lipinski definition) is 1. The van der Waals surface area contributed by atoms with Crippen LogP contribution in [0, 0.1) is 0 Å². The van der Waals surface area contributed by atoms with Crippen LogP contribution in [0.25, 0.3) is 0 Å². The van der Waals surface area contributed by atoms with E-state index in [0.717, 1.165) is 21.1 Å². The monoisotopic (exact) mass is 503 g/mol. The Morgan fingerprint density at radius 2 is 1.41 bits per heavy atom. The van der Waals surface area contributed by atoms with Crippen molar-refractivity contribution < 1.29 is 26.4 Å². The fraction of sp³-hybridized carbons (Fsp3) is 0.174. The summed E-state index contributed by atoms with van der Waals surface area (Å²) in [4.78, 5) is 12.7. The third kappa shape index (κ3) is 6.72. The van der Waals surface area contributed by atoms with Crippen molar-refractivity contribution in [2.24, 2.45) is 0 Å². The van der Waals surface area contributed by atoms with E-state index < -0.39 is 32.5 Å². The summed E-state index contributed by atoms with van der Waals surface area (Å²) in [6.45, 7) is -0.468. The molecule has 11 heteroatoms. The number of rotatable bonds is 9. The minimum atomic E-state index is -3.77. The molecule has 0 aliphatic rings. The Morgan fingerprint density at radius 1 is 0.794 bits per heavy atom. The normalized spacial score (nSPS) is 11.5. The van der Waals surface area contributed by atoms with Crippen LogP contribution < -0.4 is 18.7 Å². The molecule has 3 rings (SSSR count). The van der Waals surface area contributed by atoms with Gasteiger partial charge in [0.2, 0.25) is 26.0 Å². The second kappa shape index (κ2) is 10.1. The first kappa shape index (κ1) is 25.1. The molecule has 1 N–H and O–H groups in total. The zero-order chi connectivity index (χ0) is 24.9. The van der Waals surface area contributed by atoms with Gasteiger partial charge in [0.1, 0.15) is 18.0 Å². The Labute approximate surface area is 199 Å². The number of carbonyl (C=O) groups is 1. The van der Waals surface area contributed by atoms with E-state index in [-0.39, 0.29) is 0 Å². The van der Waals surface area contributed by atoms with Crippen molar-refractivity contribution in [3.8, 4) is 11.5 Å². The molecule has 0 aliphatic carbocycles. The van der Waals surface area contributed by atoms with Crippen molar-refractivity contribution in [1.29, 1.82) is 0 Å². The predicted molar refractivity (Wildman–Crippen MR) is 133 cm³/mol. The van der Waals surface area contributed by atoms with Crippen molar-refractivity contribution in [2.75, 3.05) is 40.0 Å². The van der Waals surface area contributed by atoms with Crippen LogP contribution in [0.3, 0.4) is 0 Å². The minimum Gasteiger partial charge on any atom is -0.457 e. The molecule has 1 amide bonds. The number of nitrogens with one attached hydrogen (secondary N) is 1. The lowest BCUT2D eigenvalue weighted by Gasteiger charge is -2.22. The van der Waals surface area contributed by atoms with Crippen molar-refractivity contribution in [2.45, 2.75) is 0 Å². The molecular formula is C23H25N3O6S2. The number of benzene rings is 3. The van der Waals surface area contributed by atoms with E-state index in [4.69, 9.17) is 4.74 Å². The number of carbonyl (C=O) groups excluding carboxylic acids is 1. The Morgan fingerprint density at radius 3 is 2.00 bits per heavy atom. The zero-order valence-electron chi connectivity index (χ0n) is 18.9. The first-order chi connectivity index (χ1) is 15.9. The highest BCUT2D eigenvalue weighted by Crippen LogP contribution is 2.26. The average molecular weight is 504 g/mol. The van der Waals surface area contributed by atoms with Crippen LogP contribution >= 0.6 is 0 Å². The molecule has 3 aromatic carbocycles. The molecule has 0 bridgehead atoms. The highest BCUT2D eigenvalue weighted by Gasteiger charge is 2.21. The summed E-state index contributed by atoms with van der Waals surface area (Å²) in [6.07, 6.45) is 2.08. The first-order valence-corrected chi connectivity index (χ1v) is 13.8. The summed E-state index contributed by atoms with van der Waals surface area (Å²) in [7, 11) is -5.85. The fourth-order valence-electron chi connectivity index (χ4n) is 3.01. The van der Waals surface area contributed by atoms with Gasteiger partial charge in [-0.2, -0.15) is 0 Å². The van der Waals surface area contributed by atoms with E-state index in [1.165, 1.54) is 13.1 Å². The van der Waals surface area contributed by atoms with Gasteiger partial charge < -0.3 is 10.1 Å². The lowest BCUT2D eigenvalue weighted by Crippen LogP contribution is -2.37. The Balaban J connectivity index is 1.74. The van der Waals surface area contributed by atoms with Gasteiger partial charge in [0, 0.05) is 12.7 Å². The third-order valence-electron chi connectivity index (χ3n) is 4.78. The van der Waals surface area contributed by atoms with E-state index in [1.54, 1.807) is 54.6 Å². The summed E-state index contributed by atoms with van der Waals surface area (Å²) in [5, 5.41) is 2.61. The van der Waals surface area contributed by atoms with Gasteiger partial charge in [-0.3, -0.25) is 13.4 Å². The summed E-state index contributed by atoms with van der Waals surface area (Å²) in [5.41, 5.74) is 0.982. The number of hydrogen-bond acceptors (Lipinski definition) is 6. The number of amides is 1. The van der Waals surface area contributed by atoms with Gasteiger partial charge in [-0.15, -0.1) is 0 Å². The largest absolute Gasteiger partial charge is 0.457 e. The number of anilines is 3. The van der Waals surface area contributed by atoms with Gasteiger partial charge in [-0.25, -0.2) is 16.8 Å². The number of nitrogens with zero attached hydrogens (tertiary/aromatic N) is 2. The molecule has 0 unspecified atom stereocenters. The fourth-order valence-corrected chi connectivity index (χ4v) is 4.36. The Bertz CT molecular complexity index is 1360. The molecule has 0 saturated heterocycles. The maximum atomic E-state index is 12.7. The summed E-state index contributed by atoms with van der Waals surface area (Å²) >= 11 is 0. The standard InChI is InChI=1S/C23H25N3O6S2/c1-25(33(2,28)29)20-9-7-8-18(16-20)24-23(27)17-26(34(3,30)31)19-12-14-22(15-13-19)32-21-10-5-4-6-11-21/h4-16H,17H2,1-3H3,(H,24,27). The van der Waals surface area contributed by atoms with E-state index >= 15 is 0 Å². The molecule has 3 aromatic rings. The van der Waals surface area contributed by atoms with Crippen LogP contribution in [0.2, 0.25) is 0 Å². The lowest BCUT2D eigenvalue weighted by atomic mass is 10.2. The van der Waals surface area contributed by atoms with Crippen molar-refractivity contribution in [1.82, 2.24) is 0 Å². The van der Waals surface area contributed by atoms with Crippen LogP contribution in [0.5, 0.6) is 11.5 Å². The van der Waals surface area contributed by atoms with Crippen LogP contribution in [-0.4, -0.2) is 48.8 Å². The van der Waals surface area contributed by atoms with Crippen molar-refractivity contribution in [3.05, 3.63) is 78.9 Å². The van der Waals surface area contributed by atoms with E-state index in [9.17, 15) is 21.6 Å². The second-order valence-corrected chi connectivity index (χ2v) is 11.4. The van der Waals surface area contributed by atoms with Crippen LogP contribution in [-0.2, 0) is 24.8 Å². The number of para-hydroxylation sites is 1. The van der Waals surface area contributed by atoms with E-state index in [1.807, 2.05) is 18.2 Å². The Kier molecular flexibility index (Phi) is 7.48. The number of sulfonamides is 2. The summed E-state index contributed by atoms with van der Waals surface area (Å²) < 4.78 is 56.1. The molecule has 180 valence electrons. The van der Waals surface area contributed by atoms with Crippen LogP contribution in [0.4, 0.5) is 17.1 Å². The number of ether oxygens (including phenoxy) is 1. The van der Waals surface area contributed by atoms with Gasteiger partial charge in [0.15, 0.2) is 0 Å². The summed E-state index contributed by atoms with van der Waals surface area (Å²) in [6, 6.07) is 21.7. The first-order valence-electron chi connectivity index (χ1n) is 10.1. The SMILES string of the molecule is CN(c1cccc(NC(=O)CN(c2ccc(Oc3ccccc3)cc2)S(C)(=O)=O)c1)S(C)(=O)=O. The van der Waals surface area contributed by atoms with E-state index in [0.29, 0.717) is 28.6 Å². The van der Waals surface area contributed by atoms with Gasteiger partial charge in [0.05, 0.1) is 23.9 Å². The van der Waals surface area contributed by atoms with Gasteiger partial charge in [-0.1, -0.05) is 24.3 Å². The average Bonchev–Trinajstić information content (AvgIpc) is 2.77. The third-order valence-corrected chi connectivity index (χ3v) is 7.13. The highest BCUT2D eigenvalue weighted by atomic mass is 32.2. The molecule has 0 aliphatic heterocycles. The molecule has 9 nitrogen and oxygen atoms in total. The van der Waals surface area contributed by atoms with Gasteiger partial charge in [-0.05, 0) is 54.6 Å². The Hall–Kier alpha value is -3.57. The molecule has 0 spiro atoms. The van der Waals surface area contributed by atoms with Gasteiger partial charge in [0.25, 0.3) is 0 Å². The molecule has 0 atom stereocenters. The molecule has 0 radical (unpaired) electrons. The molecule has 0 saturated carbocycles.